The van der Waals surface area contributed by atoms with Gasteiger partial charge in [-0.1, -0.05) is 72.8 Å². The average Bonchev–Trinajstić information content (AvgIpc) is 3.57. The topological polar surface area (TPSA) is 144 Å². The van der Waals surface area contributed by atoms with Crippen molar-refractivity contribution >= 4 is 51.8 Å². The molecule has 4 N–H and O–H groups in total. The van der Waals surface area contributed by atoms with E-state index in [0.29, 0.717) is 61.6 Å². The van der Waals surface area contributed by atoms with E-state index in [1.165, 1.54) is 0 Å². The zero-order valence-corrected chi connectivity index (χ0v) is 31.2. The van der Waals surface area contributed by atoms with Crippen molar-refractivity contribution in [3.63, 3.8) is 0 Å². The van der Waals surface area contributed by atoms with E-state index in [-0.39, 0.29) is 36.0 Å². The molecule has 11 nitrogen and oxygen atoms in total. The maximum absolute atomic E-state index is 14.0. The van der Waals surface area contributed by atoms with Gasteiger partial charge >= 0.3 is 0 Å². The number of nitrogens with one attached hydrogen (secondary N) is 4. The van der Waals surface area contributed by atoms with Crippen molar-refractivity contribution < 1.29 is 24.0 Å². The fraction of sp³-hybridized carbons (Fsp3) is 0.311. The maximum atomic E-state index is 14.0. The van der Waals surface area contributed by atoms with E-state index in [9.17, 15) is 24.0 Å². The van der Waals surface area contributed by atoms with Gasteiger partial charge in [-0.25, -0.2) is 0 Å². The van der Waals surface area contributed by atoms with Gasteiger partial charge in [-0.2, -0.15) is 0 Å². The van der Waals surface area contributed by atoms with Crippen LogP contribution in [0, 0.1) is 5.92 Å². The van der Waals surface area contributed by atoms with E-state index < -0.39 is 18.1 Å². The molecular formula is C45H46N6O5. The third kappa shape index (κ3) is 8.36. The average molecular weight is 751 g/mol. The van der Waals surface area contributed by atoms with Crippen molar-refractivity contribution in [3.05, 3.63) is 120 Å². The molecule has 0 unspecified atom stereocenters. The second kappa shape index (κ2) is 16.2. The number of amides is 5. The number of hydrogen-bond acceptors (Lipinski definition) is 5. The molecule has 2 aliphatic heterocycles. The van der Waals surface area contributed by atoms with Crippen LogP contribution < -0.4 is 16.0 Å². The summed E-state index contributed by atoms with van der Waals surface area (Å²) in [7, 11) is 0. The van der Waals surface area contributed by atoms with Crippen LogP contribution in [0.1, 0.15) is 62.1 Å². The first-order chi connectivity index (χ1) is 27.3. The van der Waals surface area contributed by atoms with E-state index in [1.807, 2.05) is 109 Å². The molecule has 1 aromatic heterocycles. The fourth-order valence-electron chi connectivity index (χ4n) is 7.97. The van der Waals surface area contributed by atoms with Gasteiger partial charge in [0.2, 0.25) is 29.5 Å². The summed E-state index contributed by atoms with van der Waals surface area (Å²) in [5.41, 5.74) is 5.58. The number of H-pyrrole nitrogens is 1. The summed E-state index contributed by atoms with van der Waals surface area (Å²) >= 11 is 0. The van der Waals surface area contributed by atoms with E-state index in [0.717, 1.165) is 47.0 Å². The molecule has 3 aliphatic rings. The van der Waals surface area contributed by atoms with Gasteiger partial charge in [0.25, 0.3) is 0 Å². The second-order valence-corrected chi connectivity index (χ2v) is 15.2. The third-order valence-corrected chi connectivity index (χ3v) is 11.1. The summed E-state index contributed by atoms with van der Waals surface area (Å²) in [6.45, 7) is 1.01. The molecule has 3 fully saturated rings. The van der Waals surface area contributed by atoms with Crippen LogP contribution in [-0.4, -0.2) is 69.5 Å². The van der Waals surface area contributed by atoms with E-state index in [2.05, 4.69) is 20.9 Å². The van der Waals surface area contributed by atoms with Crippen LogP contribution in [0.15, 0.2) is 109 Å². The van der Waals surface area contributed by atoms with Crippen LogP contribution in [0.25, 0.3) is 22.2 Å². The summed E-state index contributed by atoms with van der Waals surface area (Å²) in [5.74, 6) is -0.520. The SMILES string of the molecule is O=C(CC1CC1)N[C@@H](C(=O)N1CCC[C@H]1C(=O)Nc1ccc2[nH]c(-c3ccc(NC(=O)[C@@H]4CCCN4C(=O)Cc4ccccc4)cc3)cc2c1)c1ccccc1. The van der Waals surface area contributed by atoms with E-state index in [4.69, 9.17) is 0 Å². The molecule has 0 spiro atoms. The molecular weight excluding hydrogens is 705 g/mol. The van der Waals surface area contributed by atoms with Crippen molar-refractivity contribution in [2.45, 2.75) is 69.5 Å². The Bertz CT molecular complexity index is 2230. The van der Waals surface area contributed by atoms with Crippen molar-refractivity contribution in [2.24, 2.45) is 5.92 Å². The first-order valence-electron chi connectivity index (χ1n) is 19.6. The third-order valence-electron chi connectivity index (χ3n) is 11.1. The summed E-state index contributed by atoms with van der Waals surface area (Å²) in [4.78, 5) is 73.6. The van der Waals surface area contributed by atoms with Crippen molar-refractivity contribution in [1.29, 1.82) is 0 Å². The smallest absolute Gasteiger partial charge is 0.250 e. The molecule has 1 saturated carbocycles. The molecule has 286 valence electrons. The highest BCUT2D eigenvalue weighted by atomic mass is 16.2. The lowest BCUT2D eigenvalue weighted by atomic mass is 10.0. The molecule has 3 atom stereocenters. The number of carbonyl (C=O) groups excluding carboxylic acids is 5. The van der Waals surface area contributed by atoms with Gasteiger partial charge in [-0.05, 0) is 97.5 Å². The number of benzene rings is 4. The summed E-state index contributed by atoms with van der Waals surface area (Å²) in [6, 6.07) is 32.0. The number of nitrogens with zero attached hydrogens (tertiary/aromatic N) is 2. The Morgan fingerprint density at radius 3 is 2.00 bits per heavy atom. The molecule has 3 heterocycles. The van der Waals surface area contributed by atoms with Gasteiger partial charge in [-0.3, -0.25) is 24.0 Å². The Morgan fingerprint density at radius 1 is 0.679 bits per heavy atom. The molecule has 56 heavy (non-hydrogen) atoms. The number of hydrogen-bond donors (Lipinski definition) is 4. The predicted molar refractivity (Wildman–Crippen MR) is 215 cm³/mol. The highest BCUT2D eigenvalue weighted by molar-refractivity contribution is 6.01. The Hall–Kier alpha value is -6.23. The molecule has 8 rings (SSSR count). The number of rotatable bonds is 12. The Balaban J connectivity index is 0.896. The van der Waals surface area contributed by atoms with Crippen LogP contribution in [0.5, 0.6) is 0 Å². The number of likely N-dealkylation sites (tertiary alicyclic amines) is 2. The van der Waals surface area contributed by atoms with Crippen molar-refractivity contribution in [1.82, 2.24) is 20.1 Å². The van der Waals surface area contributed by atoms with E-state index in [1.54, 1.807) is 9.80 Å². The molecule has 0 bridgehead atoms. The molecule has 4 aromatic carbocycles. The maximum Gasteiger partial charge on any atom is 0.250 e. The minimum Gasteiger partial charge on any atom is -0.355 e. The number of aromatic amines is 1. The van der Waals surface area contributed by atoms with Crippen LogP contribution in [0.3, 0.4) is 0 Å². The van der Waals surface area contributed by atoms with Crippen molar-refractivity contribution in [3.8, 4) is 11.3 Å². The molecule has 5 amide bonds. The fourth-order valence-corrected chi connectivity index (χ4v) is 7.97. The van der Waals surface area contributed by atoms with Gasteiger partial charge in [0.1, 0.15) is 18.1 Å². The predicted octanol–water partition coefficient (Wildman–Crippen LogP) is 6.59. The zero-order valence-electron chi connectivity index (χ0n) is 31.2. The molecule has 0 radical (unpaired) electrons. The normalized spacial score (nSPS) is 18.4. The van der Waals surface area contributed by atoms with Crippen LogP contribution in [-0.2, 0) is 30.4 Å². The number of aromatic nitrogens is 1. The largest absolute Gasteiger partial charge is 0.355 e. The highest BCUT2D eigenvalue weighted by Gasteiger charge is 2.39. The van der Waals surface area contributed by atoms with Crippen molar-refractivity contribution in [2.75, 3.05) is 23.7 Å². The lowest BCUT2D eigenvalue weighted by Crippen LogP contribution is -2.48. The monoisotopic (exact) mass is 750 g/mol. The number of anilines is 2. The van der Waals surface area contributed by atoms with Gasteiger partial charge in [0.05, 0.1) is 6.42 Å². The number of fused-ring (bicyclic) bond motifs is 1. The lowest BCUT2D eigenvalue weighted by Gasteiger charge is -2.29. The number of carbonyl (C=O) groups is 5. The second-order valence-electron chi connectivity index (χ2n) is 15.2. The zero-order chi connectivity index (χ0) is 38.6. The molecule has 11 heteroatoms. The van der Waals surface area contributed by atoms with Crippen LogP contribution >= 0.6 is 0 Å². The lowest BCUT2D eigenvalue weighted by molar-refractivity contribution is -0.140. The minimum absolute atomic E-state index is 0.0424. The summed E-state index contributed by atoms with van der Waals surface area (Å²) in [5, 5.41) is 9.90. The summed E-state index contributed by atoms with van der Waals surface area (Å²) < 4.78 is 0. The Labute approximate surface area is 325 Å². The van der Waals surface area contributed by atoms with Gasteiger partial charge in [0.15, 0.2) is 0 Å². The van der Waals surface area contributed by atoms with Gasteiger partial charge < -0.3 is 30.7 Å². The molecule has 2 saturated heterocycles. The first kappa shape index (κ1) is 36.7. The highest BCUT2D eigenvalue weighted by Crippen LogP contribution is 2.33. The first-order valence-corrected chi connectivity index (χ1v) is 19.6. The quantitative estimate of drug-likeness (QED) is 0.114. The molecule has 5 aromatic rings. The van der Waals surface area contributed by atoms with Gasteiger partial charge in [0, 0.05) is 47.5 Å². The van der Waals surface area contributed by atoms with Crippen LogP contribution in [0.4, 0.5) is 11.4 Å². The van der Waals surface area contributed by atoms with E-state index >= 15 is 0 Å². The Kier molecular flexibility index (Phi) is 10.7. The minimum atomic E-state index is -0.852. The molecule has 1 aliphatic carbocycles. The Morgan fingerprint density at radius 2 is 1.30 bits per heavy atom. The van der Waals surface area contributed by atoms with Gasteiger partial charge in [-0.15, -0.1) is 0 Å². The summed E-state index contributed by atoms with van der Waals surface area (Å²) in [6.07, 6.45) is 5.41. The van der Waals surface area contributed by atoms with Crippen LogP contribution in [0.2, 0.25) is 0 Å². The standard InChI is InChI=1S/C45H46N6O5/c52-40(25-30-15-16-30)49-42(32-11-5-2-6-12-32)45(56)51-24-8-14-39(51)44(55)47-35-21-22-36-33(27-35)28-37(48-36)31-17-19-34(20-18-31)46-43(54)38-13-7-23-50(38)41(53)26-29-9-3-1-4-10-29/h1-6,9-12,17-22,27-28,30,38-39,42,48H,7-8,13-16,23-26H2,(H,46,54)(H,47,55)(H,49,52)/t38-,39-,42+/m0/s1.